The van der Waals surface area contributed by atoms with Gasteiger partial charge in [-0.15, -0.1) is 0 Å². The molecule has 1 spiro atoms. The smallest absolute Gasteiger partial charge is 0.153 e. The van der Waals surface area contributed by atoms with E-state index in [-0.39, 0.29) is 11.7 Å². The van der Waals surface area contributed by atoms with Crippen LogP contribution in [0.2, 0.25) is 0 Å². The Morgan fingerprint density at radius 1 is 1.25 bits per heavy atom. The maximum absolute atomic E-state index is 6.37. The van der Waals surface area contributed by atoms with E-state index in [9.17, 15) is 0 Å². The van der Waals surface area contributed by atoms with Gasteiger partial charge in [0.15, 0.2) is 5.82 Å². The van der Waals surface area contributed by atoms with E-state index in [1.165, 1.54) is 32.1 Å². The van der Waals surface area contributed by atoms with Crippen LogP contribution in [0, 0.1) is 0 Å². The van der Waals surface area contributed by atoms with Crippen LogP contribution in [0.25, 0.3) is 10.9 Å². The molecular weight excluding hydrogens is 250 g/mol. The number of aromatic nitrogens is 2. The van der Waals surface area contributed by atoms with Crippen molar-refractivity contribution < 1.29 is 4.74 Å². The quantitative estimate of drug-likeness (QED) is 0.913. The molecule has 2 fully saturated rings. The van der Waals surface area contributed by atoms with Crippen LogP contribution in [0.1, 0.15) is 38.5 Å². The van der Waals surface area contributed by atoms with Crippen molar-refractivity contribution in [2.45, 2.75) is 56.8 Å². The van der Waals surface area contributed by atoms with Crippen LogP contribution in [0.5, 0.6) is 0 Å². The van der Waals surface area contributed by atoms with Gasteiger partial charge in [0, 0.05) is 5.39 Å². The first-order valence-electron chi connectivity index (χ1n) is 7.65. The van der Waals surface area contributed by atoms with Crippen LogP contribution in [-0.4, -0.2) is 21.5 Å². The molecule has 1 unspecified atom stereocenters. The monoisotopic (exact) mass is 271 g/mol. The maximum Gasteiger partial charge on any atom is 0.153 e. The second kappa shape index (κ2) is 4.48. The number of benzene rings is 1. The highest BCUT2D eigenvalue weighted by Gasteiger charge is 2.42. The van der Waals surface area contributed by atoms with E-state index in [1.54, 1.807) is 0 Å². The Kier molecular flexibility index (Phi) is 2.74. The number of ether oxygens (including phenoxy) is 1. The lowest BCUT2D eigenvalue weighted by molar-refractivity contribution is -0.0424. The maximum atomic E-state index is 6.37. The standard InChI is InChI=1S/C16H21N3O/c17-15-13-5-1-2-6-14(13)19(18-15)11-12-7-10-16(20-12)8-3-4-9-16/h1-2,5-6,12H,3-4,7-11H2,(H2,17,18). The van der Waals surface area contributed by atoms with Gasteiger partial charge >= 0.3 is 0 Å². The summed E-state index contributed by atoms with van der Waals surface area (Å²) in [4.78, 5) is 0. The summed E-state index contributed by atoms with van der Waals surface area (Å²) in [5.41, 5.74) is 7.30. The van der Waals surface area contributed by atoms with Gasteiger partial charge in [0.2, 0.25) is 0 Å². The Morgan fingerprint density at radius 2 is 2.05 bits per heavy atom. The van der Waals surface area contributed by atoms with Gasteiger partial charge < -0.3 is 10.5 Å². The molecule has 1 aliphatic heterocycles. The zero-order chi connectivity index (χ0) is 13.6. The number of nitrogens with two attached hydrogens (primary N) is 1. The molecule has 2 N–H and O–H groups in total. The minimum Gasteiger partial charge on any atom is -0.382 e. The number of hydrogen-bond acceptors (Lipinski definition) is 3. The van der Waals surface area contributed by atoms with Crippen LogP contribution in [0.3, 0.4) is 0 Å². The number of hydrogen-bond donors (Lipinski definition) is 1. The molecule has 0 bridgehead atoms. The molecule has 1 saturated heterocycles. The molecule has 4 heteroatoms. The normalized spacial score (nSPS) is 24.9. The fourth-order valence-corrected chi connectivity index (χ4v) is 3.90. The average Bonchev–Trinajstić information content (AvgIpc) is 3.15. The van der Waals surface area contributed by atoms with Crippen LogP contribution in [0.4, 0.5) is 5.82 Å². The van der Waals surface area contributed by atoms with E-state index in [4.69, 9.17) is 10.5 Å². The third kappa shape index (κ3) is 1.90. The van der Waals surface area contributed by atoms with Gasteiger partial charge in [-0.1, -0.05) is 25.0 Å². The largest absolute Gasteiger partial charge is 0.382 e. The zero-order valence-corrected chi connectivity index (χ0v) is 11.7. The molecule has 1 atom stereocenters. The molecule has 0 amide bonds. The molecular formula is C16H21N3O. The Labute approximate surface area is 118 Å². The minimum absolute atomic E-state index is 0.194. The highest BCUT2D eigenvalue weighted by molar-refractivity contribution is 5.88. The fraction of sp³-hybridized carbons (Fsp3) is 0.562. The van der Waals surface area contributed by atoms with Crippen molar-refractivity contribution in [3.63, 3.8) is 0 Å². The molecule has 106 valence electrons. The van der Waals surface area contributed by atoms with Gasteiger partial charge in [-0.05, 0) is 37.8 Å². The summed E-state index contributed by atoms with van der Waals surface area (Å²) in [7, 11) is 0. The SMILES string of the molecule is Nc1nn(CC2CCC3(CCCC3)O2)c2ccccc12. The van der Waals surface area contributed by atoms with E-state index in [0.29, 0.717) is 5.82 Å². The number of para-hydroxylation sites is 1. The molecule has 4 rings (SSSR count). The lowest BCUT2D eigenvalue weighted by atomic mass is 9.98. The van der Waals surface area contributed by atoms with Crippen LogP contribution in [-0.2, 0) is 11.3 Å². The van der Waals surface area contributed by atoms with Gasteiger partial charge in [-0.3, -0.25) is 4.68 Å². The Morgan fingerprint density at radius 3 is 2.90 bits per heavy atom. The van der Waals surface area contributed by atoms with Crippen LogP contribution < -0.4 is 5.73 Å². The van der Waals surface area contributed by atoms with Crippen molar-refractivity contribution in [1.29, 1.82) is 0 Å². The third-order valence-electron chi connectivity index (χ3n) is 4.92. The van der Waals surface area contributed by atoms with Gasteiger partial charge in [-0.2, -0.15) is 5.10 Å². The predicted molar refractivity (Wildman–Crippen MR) is 79.5 cm³/mol. The van der Waals surface area contributed by atoms with Crippen molar-refractivity contribution in [2.24, 2.45) is 0 Å². The summed E-state index contributed by atoms with van der Waals surface area (Å²) in [6.07, 6.45) is 7.78. The lowest BCUT2D eigenvalue weighted by Crippen LogP contribution is -2.26. The number of nitrogen functional groups attached to an aromatic ring is 1. The average molecular weight is 271 g/mol. The van der Waals surface area contributed by atoms with Crippen LogP contribution in [0.15, 0.2) is 24.3 Å². The van der Waals surface area contributed by atoms with E-state index in [0.717, 1.165) is 23.9 Å². The molecule has 1 aromatic heterocycles. The molecule has 1 saturated carbocycles. The third-order valence-corrected chi connectivity index (χ3v) is 4.92. The van der Waals surface area contributed by atoms with E-state index in [1.807, 2.05) is 22.9 Å². The first-order chi connectivity index (χ1) is 9.76. The molecule has 2 heterocycles. The van der Waals surface area contributed by atoms with Crippen molar-refractivity contribution in [3.05, 3.63) is 24.3 Å². The molecule has 2 aliphatic rings. The summed E-state index contributed by atoms with van der Waals surface area (Å²) in [5.74, 6) is 0.620. The second-order valence-electron chi connectivity index (χ2n) is 6.25. The number of nitrogens with zero attached hydrogens (tertiary/aromatic N) is 2. The Hall–Kier alpha value is -1.55. The molecule has 1 aliphatic carbocycles. The van der Waals surface area contributed by atoms with Crippen molar-refractivity contribution >= 4 is 16.7 Å². The molecule has 20 heavy (non-hydrogen) atoms. The van der Waals surface area contributed by atoms with E-state index in [2.05, 4.69) is 11.2 Å². The topological polar surface area (TPSA) is 53.1 Å². The molecule has 2 aromatic rings. The fourth-order valence-electron chi connectivity index (χ4n) is 3.90. The molecule has 0 radical (unpaired) electrons. The first kappa shape index (κ1) is 12.2. The predicted octanol–water partition coefficient (Wildman–Crippen LogP) is 3.11. The highest BCUT2D eigenvalue weighted by Crippen LogP contribution is 2.43. The van der Waals surface area contributed by atoms with Gasteiger partial charge in [0.05, 0.1) is 23.8 Å². The second-order valence-corrected chi connectivity index (χ2v) is 6.25. The Balaban J connectivity index is 1.56. The van der Waals surface area contributed by atoms with Crippen molar-refractivity contribution in [2.75, 3.05) is 5.73 Å². The Bertz CT molecular complexity index is 628. The number of anilines is 1. The highest BCUT2D eigenvalue weighted by atomic mass is 16.5. The summed E-state index contributed by atoms with van der Waals surface area (Å²) < 4.78 is 8.39. The van der Waals surface area contributed by atoms with Crippen LogP contribution >= 0.6 is 0 Å². The first-order valence-corrected chi connectivity index (χ1v) is 7.65. The van der Waals surface area contributed by atoms with Gasteiger partial charge in [0.1, 0.15) is 0 Å². The summed E-state index contributed by atoms with van der Waals surface area (Å²) in [6.45, 7) is 0.819. The molecule has 4 nitrogen and oxygen atoms in total. The summed E-state index contributed by atoms with van der Waals surface area (Å²) >= 11 is 0. The van der Waals surface area contributed by atoms with Crippen molar-refractivity contribution in [3.8, 4) is 0 Å². The van der Waals surface area contributed by atoms with Gasteiger partial charge in [-0.25, -0.2) is 0 Å². The van der Waals surface area contributed by atoms with Gasteiger partial charge in [0.25, 0.3) is 0 Å². The lowest BCUT2D eigenvalue weighted by Gasteiger charge is -2.23. The summed E-state index contributed by atoms with van der Waals surface area (Å²) in [6, 6.07) is 8.15. The van der Waals surface area contributed by atoms with E-state index < -0.39 is 0 Å². The van der Waals surface area contributed by atoms with Crippen molar-refractivity contribution in [1.82, 2.24) is 9.78 Å². The number of fused-ring (bicyclic) bond motifs is 1. The zero-order valence-electron chi connectivity index (χ0n) is 11.7. The minimum atomic E-state index is 0.194. The summed E-state index contributed by atoms with van der Waals surface area (Å²) in [5, 5.41) is 5.53. The van der Waals surface area contributed by atoms with E-state index >= 15 is 0 Å². The molecule has 1 aromatic carbocycles. The number of rotatable bonds is 2.